The predicted octanol–water partition coefficient (Wildman–Crippen LogP) is 2.75. The van der Waals surface area contributed by atoms with Gasteiger partial charge in [0.15, 0.2) is 0 Å². The highest BCUT2D eigenvalue weighted by Crippen LogP contribution is 2.27. The summed E-state index contributed by atoms with van der Waals surface area (Å²) in [7, 11) is 0. The van der Waals surface area contributed by atoms with Crippen LogP contribution in [0.5, 0.6) is 0 Å². The molecule has 1 aliphatic heterocycles. The van der Waals surface area contributed by atoms with Gasteiger partial charge in [0.25, 0.3) is 0 Å². The number of carbonyl (C=O) groups is 1. The molecule has 3 atom stereocenters. The number of carbonyl (C=O) groups excluding carboxylic acids is 1. The lowest BCUT2D eigenvalue weighted by atomic mass is 9.96. The maximum Gasteiger partial charge on any atom is 0.225 e. The monoisotopic (exact) mass is 231 g/mol. The van der Waals surface area contributed by atoms with Gasteiger partial charge in [-0.3, -0.25) is 4.79 Å². The van der Waals surface area contributed by atoms with Crippen molar-refractivity contribution in [2.45, 2.75) is 40.2 Å². The maximum atomic E-state index is 12.2. The van der Waals surface area contributed by atoms with Crippen LogP contribution in [-0.2, 0) is 4.79 Å². The summed E-state index contributed by atoms with van der Waals surface area (Å²) in [6.45, 7) is 9.27. The highest BCUT2D eigenvalue weighted by molar-refractivity contribution is 6.18. The van der Waals surface area contributed by atoms with Crippen LogP contribution in [0, 0.1) is 17.8 Å². The molecule has 1 amide bonds. The highest BCUT2D eigenvalue weighted by Gasteiger charge is 2.35. The molecule has 3 heteroatoms. The van der Waals surface area contributed by atoms with Gasteiger partial charge in [0.05, 0.1) is 0 Å². The van der Waals surface area contributed by atoms with E-state index < -0.39 is 0 Å². The van der Waals surface area contributed by atoms with Crippen molar-refractivity contribution < 1.29 is 4.79 Å². The van der Waals surface area contributed by atoms with Gasteiger partial charge >= 0.3 is 0 Å². The predicted molar refractivity (Wildman–Crippen MR) is 64.0 cm³/mol. The Morgan fingerprint density at radius 1 is 1.47 bits per heavy atom. The summed E-state index contributed by atoms with van der Waals surface area (Å²) >= 11 is 5.93. The molecular weight excluding hydrogens is 210 g/mol. The lowest BCUT2D eigenvalue weighted by molar-refractivity contribution is -0.137. The minimum absolute atomic E-state index is 0.112. The van der Waals surface area contributed by atoms with Gasteiger partial charge in [-0.1, -0.05) is 27.7 Å². The highest BCUT2D eigenvalue weighted by atomic mass is 35.5. The molecule has 1 heterocycles. The van der Waals surface area contributed by atoms with Crippen LogP contribution < -0.4 is 0 Å². The second-order valence-corrected chi connectivity index (χ2v) is 5.36. The van der Waals surface area contributed by atoms with E-state index in [4.69, 9.17) is 11.6 Å². The van der Waals surface area contributed by atoms with Gasteiger partial charge in [-0.25, -0.2) is 0 Å². The topological polar surface area (TPSA) is 20.3 Å². The molecular formula is C12H22ClNO. The van der Waals surface area contributed by atoms with E-state index in [-0.39, 0.29) is 17.9 Å². The fourth-order valence-electron chi connectivity index (χ4n) is 2.06. The first-order valence-corrected chi connectivity index (χ1v) is 6.39. The quantitative estimate of drug-likeness (QED) is 0.684. The maximum absolute atomic E-state index is 12.2. The van der Waals surface area contributed by atoms with Crippen LogP contribution in [-0.4, -0.2) is 29.3 Å². The van der Waals surface area contributed by atoms with Gasteiger partial charge in [0.2, 0.25) is 5.91 Å². The zero-order valence-corrected chi connectivity index (χ0v) is 10.9. The van der Waals surface area contributed by atoms with Gasteiger partial charge in [-0.05, 0) is 18.3 Å². The Morgan fingerprint density at radius 3 is 2.53 bits per heavy atom. The number of alkyl halides is 1. The molecule has 0 saturated carbocycles. The zero-order valence-electron chi connectivity index (χ0n) is 10.2. The van der Waals surface area contributed by atoms with E-state index in [1.54, 1.807) is 0 Å². The van der Waals surface area contributed by atoms with E-state index in [2.05, 4.69) is 20.8 Å². The number of amides is 1. The number of hydrogen-bond donors (Lipinski definition) is 0. The van der Waals surface area contributed by atoms with E-state index in [1.807, 2.05) is 11.8 Å². The first-order chi connectivity index (χ1) is 6.99. The van der Waals surface area contributed by atoms with E-state index in [9.17, 15) is 4.79 Å². The van der Waals surface area contributed by atoms with Gasteiger partial charge in [0.1, 0.15) is 0 Å². The Balaban J connectivity index is 2.67. The first-order valence-electron chi connectivity index (χ1n) is 5.85. The van der Waals surface area contributed by atoms with Crippen molar-refractivity contribution in [3.05, 3.63) is 0 Å². The molecule has 15 heavy (non-hydrogen) atoms. The first kappa shape index (κ1) is 12.8. The normalized spacial score (nSPS) is 28.5. The van der Waals surface area contributed by atoms with Crippen LogP contribution in [0.2, 0.25) is 0 Å². The fourth-order valence-corrected chi connectivity index (χ4v) is 2.53. The Labute approximate surface area is 98.0 Å². The van der Waals surface area contributed by atoms with Crippen molar-refractivity contribution >= 4 is 17.5 Å². The summed E-state index contributed by atoms with van der Waals surface area (Å²) in [6, 6.07) is 0.250. The van der Waals surface area contributed by atoms with E-state index in [0.717, 1.165) is 13.0 Å². The number of likely N-dealkylation sites (tertiary alicyclic amines) is 1. The van der Waals surface area contributed by atoms with Crippen LogP contribution in [0.4, 0.5) is 0 Å². The average molecular weight is 232 g/mol. The molecule has 1 saturated heterocycles. The van der Waals surface area contributed by atoms with Crippen LogP contribution in [0.15, 0.2) is 0 Å². The van der Waals surface area contributed by atoms with Gasteiger partial charge < -0.3 is 4.90 Å². The summed E-state index contributed by atoms with van der Waals surface area (Å²) in [5.41, 5.74) is 0. The molecule has 2 nitrogen and oxygen atoms in total. The van der Waals surface area contributed by atoms with Gasteiger partial charge in [-0.2, -0.15) is 0 Å². The molecule has 1 fully saturated rings. The average Bonchev–Trinajstić information content (AvgIpc) is 2.57. The lowest BCUT2D eigenvalue weighted by Crippen LogP contribution is -2.42. The number of nitrogens with zero attached hydrogens (tertiary/aromatic N) is 1. The number of halogens is 1. The van der Waals surface area contributed by atoms with Crippen molar-refractivity contribution in [3.63, 3.8) is 0 Å². The summed E-state index contributed by atoms with van der Waals surface area (Å²) < 4.78 is 0. The summed E-state index contributed by atoms with van der Waals surface area (Å²) in [5.74, 6) is 1.91. The third-order valence-corrected chi connectivity index (χ3v) is 4.03. The van der Waals surface area contributed by atoms with Crippen molar-refractivity contribution in [1.29, 1.82) is 0 Å². The van der Waals surface area contributed by atoms with Crippen LogP contribution in [0.25, 0.3) is 0 Å². The molecule has 3 unspecified atom stereocenters. The van der Waals surface area contributed by atoms with Crippen molar-refractivity contribution in [3.8, 4) is 0 Å². The van der Waals surface area contributed by atoms with E-state index in [0.29, 0.717) is 17.7 Å². The minimum atomic E-state index is 0.112. The SMILES string of the molecule is CC(C)C(C)C(=O)N1CCC(C)C1CCl. The van der Waals surface area contributed by atoms with Crippen molar-refractivity contribution in [2.24, 2.45) is 17.8 Å². The molecule has 0 aliphatic carbocycles. The Morgan fingerprint density at radius 2 is 2.07 bits per heavy atom. The van der Waals surface area contributed by atoms with Crippen molar-refractivity contribution in [2.75, 3.05) is 12.4 Å². The molecule has 1 rings (SSSR count). The Kier molecular flexibility index (Phi) is 4.45. The fraction of sp³-hybridized carbons (Fsp3) is 0.917. The molecule has 1 aliphatic rings. The van der Waals surface area contributed by atoms with E-state index in [1.165, 1.54) is 0 Å². The Hall–Kier alpha value is -0.240. The lowest BCUT2D eigenvalue weighted by Gasteiger charge is -2.29. The molecule has 0 aromatic rings. The molecule has 0 radical (unpaired) electrons. The second kappa shape index (κ2) is 5.20. The summed E-state index contributed by atoms with van der Waals surface area (Å²) in [4.78, 5) is 14.2. The van der Waals surface area contributed by atoms with Gasteiger partial charge in [0, 0.05) is 24.4 Å². The molecule has 88 valence electrons. The Bertz CT molecular complexity index is 230. The third-order valence-electron chi connectivity index (χ3n) is 3.71. The van der Waals surface area contributed by atoms with Gasteiger partial charge in [-0.15, -0.1) is 11.6 Å². The number of hydrogen-bond acceptors (Lipinski definition) is 1. The molecule has 0 spiro atoms. The number of rotatable bonds is 3. The zero-order chi connectivity index (χ0) is 11.6. The largest absolute Gasteiger partial charge is 0.338 e. The van der Waals surface area contributed by atoms with Crippen LogP contribution in [0.1, 0.15) is 34.1 Å². The molecule has 0 bridgehead atoms. The molecule has 0 aromatic carbocycles. The van der Waals surface area contributed by atoms with Crippen LogP contribution >= 0.6 is 11.6 Å². The third kappa shape index (κ3) is 2.66. The molecule has 0 aromatic heterocycles. The second-order valence-electron chi connectivity index (χ2n) is 5.05. The minimum Gasteiger partial charge on any atom is -0.338 e. The van der Waals surface area contributed by atoms with Crippen molar-refractivity contribution in [1.82, 2.24) is 4.90 Å². The standard InChI is InChI=1S/C12H22ClNO/c1-8(2)10(4)12(15)14-6-5-9(3)11(14)7-13/h8-11H,5-7H2,1-4H3. The summed E-state index contributed by atoms with van der Waals surface area (Å²) in [5, 5.41) is 0. The smallest absolute Gasteiger partial charge is 0.225 e. The van der Waals surface area contributed by atoms with Crippen LogP contribution in [0.3, 0.4) is 0 Å². The van der Waals surface area contributed by atoms with E-state index >= 15 is 0 Å². The summed E-state index contributed by atoms with van der Waals surface area (Å²) in [6.07, 6.45) is 1.09. The molecule has 0 N–H and O–H groups in total.